The molecule has 0 radical (unpaired) electrons. The third-order valence-corrected chi connectivity index (χ3v) is 4.01. The van der Waals surface area contributed by atoms with E-state index in [-0.39, 0.29) is 10.6 Å². The average molecular weight is 346 g/mol. The van der Waals surface area contributed by atoms with Crippen LogP contribution in [0.4, 0.5) is 14.9 Å². The van der Waals surface area contributed by atoms with Crippen molar-refractivity contribution in [3.63, 3.8) is 0 Å². The predicted octanol–water partition coefficient (Wildman–Crippen LogP) is 3.09. The molecule has 1 aromatic carbocycles. The Morgan fingerprint density at radius 1 is 1.29 bits per heavy atom. The van der Waals surface area contributed by atoms with Gasteiger partial charge in [-0.15, -0.1) is 0 Å². The number of carbonyl (C=O) groups is 3. The summed E-state index contributed by atoms with van der Waals surface area (Å²) in [5, 5.41) is 1.89. The first kappa shape index (κ1) is 16.0. The van der Waals surface area contributed by atoms with Crippen molar-refractivity contribution >= 4 is 40.6 Å². The Morgan fingerprint density at radius 3 is 2.83 bits per heavy atom. The number of rotatable bonds is 4. The summed E-state index contributed by atoms with van der Waals surface area (Å²) in [7, 11) is 0. The van der Waals surface area contributed by atoms with Crippen LogP contribution in [0.3, 0.4) is 0 Å². The lowest BCUT2D eigenvalue weighted by Gasteiger charge is -2.12. The van der Waals surface area contributed by atoms with Gasteiger partial charge in [-0.25, -0.2) is 4.39 Å². The molecule has 122 valence electrons. The monoisotopic (exact) mass is 346 g/mol. The molecule has 1 fully saturated rings. The number of hydrogen-bond acceptors (Lipinski definition) is 5. The van der Waals surface area contributed by atoms with Crippen LogP contribution in [0.5, 0.6) is 0 Å². The van der Waals surface area contributed by atoms with Crippen LogP contribution in [0.25, 0.3) is 6.08 Å². The fourth-order valence-electron chi connectivity index (χ4n) is 2.05. The summed E-state index contributed by atoms with van der Waals surface area (Å²) < 4.78 is 18.2. The lowest BCUT2D eigenvalue weighted by Crippen LogP contribution is -2.36. The predicted molar refractivity (Wildman–Crippen MR) is 86.4 cm³/mol. The molecular formula is C16H11FN2O4S. The largest absolute Gasteiger partial charge is 0.465 e. The standard InChI is InChI=1S/C16H11FN2O4S/c17-10-3-1-4-11(7-10)18-14(20)9-19-15(21)13(24-16(19)22)8-12-5-2-6-23-12/h1-8H,9H2,(H,18,20)/b13-8+. The highest BCUT2D eigenvalue weighted by Gasteiger charge is 2.36. The molecule has 1 aliphatic heterocycles. The van der Waals surface area contributed by atoms with E-state index >= 15 is 0 Å². The highest BCUT2D eigenvalue weighted by atomic mass is 32.2. The maximum atomic E-state index is 13.1. The first-order valence-corrected chi connectivity index (χ1v) is 7.69. The number of halogens is 1. The summed E-state index contributed by atoms with van der Waals surface area (Å²) in [6.07, 6.45) is 2.89. The van der Waals surface area contributed by atoms with E-state index in [4.69, 9.17) is 4.42 Å². The molecule has 0 aliphatic carbocycles. The number of nitrogens with zero attached hydrogens (tertiary/aromatic N) is 1. The maximum absolute atomic E-state index is 13.1. The fraction of sp³-hybridized carbons (Fsp3) is 0.0625. The first-order chi connectivity index (χ1) is 11.5. The van der Waals surface area contributed by atoms with Crippen LogP contribution in [0.1, 0.15) is 5.76 Å². The molecule has 8 heteroatoms. The zero-order chi connectivity index (χ0) is 17.1. The normalized spacial score (nSPS) is 16.0. The van der Waals surface area contributed by atoms with Crippen molar-refractivity contribution in [1.82, 2.24) is 4.90 Å². The minimum Gasteiger partial charge on any atom is -0.465 e. The summed E-state index contributed by atoms with van der Waals surface area (Å²) >= 11 is 0.729. The van der Waals surface area contributed by atoms with E-state index in [0.717, 1.165) is 22.7 Å². The Bertz CT molecular complexity index is 832. The van der Waals surface area contributed by atoms with Gasteiger partial charge in [-0.1, -0.05) is 6.07 Å². The summed E-state index contributed by atoms with van der Waals surface area (Å²) in [6, 6.07) is 8.63. The second-order valence-corrected chi connectivity index (χ2v) is 5.83. The van der Waals surface area contributed by atoms with Crippen LogP contribution in [0, 0.1) is 5.82 Å². The second kappa shape index (κ2) is 6.71. The number of amides is 3. The summed E-state index contributed by atoms with van der Waals surface area (Å²) in [5.41, 5.74) is 0.248. The van der Waals surface area contributed by atoms with Crippen molar-refractivity contribution in [3.8, 4) is 0 Å². The lowest BCUT2D eigenvalue weighted by molar-refractivity contribution is -0.127. The molecule has 0 saturated carbocycles. The molecular weight excluding hydrogens is 335 g/mol. The van der Waals surface area contributed by atoms with Gasteiger partial charge >= 0.3 is 0 Å². The van der Waals surface area contributed by atoms with Crippen molar-refractivity contribution in [2.45, 2.75) is 0 Å². The molecule has 0 bridgehead atoms. The van der Waals surface area contributed by atoms with E-state index in [1.54, 1.807) is 12.1 Å². The number of imide groups is 1. The Morgan fingerprint density at radius 2 is 2.12 bits per heavy atom. The smallest absolute Gasteiger partial charge is 0.294 e. The summed E-state index contributed by atoms with van der Waals surface area (Å²) in [5.74, 6) is -1.23. The topological polar surface area (TPSA) is 79.6 Å². The summed E-state index contributed by atoms with van der Waals surface area (Å²) in [4.78, 5) is 37.1. The molecule has 0 spiro atoms. The fourth-order valence-corrected chi connectivity index (χ4v) is 2.87. The van der Waals surface area contributed by atoms with E-state index in [1.807, 2.05) is 0 Å². The van der Waals surface area contributed by atoms with Gasteiger partial charge in [-0.05, 0) is 42.1 Å². The molecule has 3 rings (SSSR count). The van der Waals surface area contributed by atoms with Crippen molar-refractivity contribution in [1.29, 1.82) is 0 Å². The summed E-state index contributed by atoms with van der Waals surface area (Å²) in [6.45, 7) is -0.448. The number of benzene rings is 1. The number of carbonyl (C=O) groups excluding carboxylic acids is 3. The number of furan rings is 1. The van der Waals surface area contributed by atoms with Crippen molar-refractivity contribution in [2.24, 2.45) is 0 Å². The van der Waals surface area contributed by atoms with E-state index in [0.29, 0.717) is 5.76 Å². The van der Waals surface area contributed by atoms with E-state index in [1.165, 1.54) is 30.5 Å². The number of hydrogen-bond donors (Lipinski definition) is 1. The Labute approximate surface area is 140 Å². The maximum Gasteiger partial charge on any atom is 0.294 e. The van der Waals surface area contributed by atoms with Gasteiger partial charge in [0.05, 0.1) is 11.2 Å². The van der Waals surface area contributed by atoms with Gasteiger partial charge in [0.25, 0.3) is 11.1 Å². The van der Waals surface area contributed by atoms with Gasteiger partial charge in [0.2, 0.25) is 5.91 Å². The lowest BCUT2D eigenvalue weighted by atomic mass is 10.3. The molecule has 6 nitrogen and oxygen atoms in total. The van der Waals surface area contributed by atoms with Crippen LogP contribution in [-0.4, -0.2) is 28.5 Å². The minimum absolute atomic E-state index is 0.175. The van der Waals surface area contributed by atoms with Gasteiger partial charge in [-0.2, -0.15) is 0 Å². The average Bonchev–Trinajstić information content (AvgIpc) is 3.12. The number of nitrogens with one attached hydrogen (secondary N) is 1. The van der Waals surface area contributed by atoms with Crippen molar-refractivity contribution in [3.05, 3.63) is 59.1 Å². The first-order valence-electron chi connectivity index (χ1n) is 6.87. The molecule has 0 unspecified atom stereocenters. The van der Waals surface area contributed by atoms with Crippen LogP contribution >= 0.6 is 11.8 Å². The molecule has 3 amide bonds. The van der Waals surface area contributed by atoms with Crippen LogP contribution < -0.4 is 5.32 Å². The Kier molecular flexibility index (Phi) is 4.48. The van der Waals surface area contributed by atoms with E-state index in [2.05, 4.69) is 5.32 Å². The Balaban J connectivity index is 1.67. The Hall–Kier alpha value is -2.87. The van der Waals surface area contributed by atoms with Gasteiger partial charge in [-0.3, -0.25) is 19.3 Å². The minimum atomic E-state index is -0.595. The zero-order valence-corrected chi connectivity index (χ0v) is 13.0. The number of anilines is 1. The highest BCUT2D eigenvalue weighted by molar-refractivity contribution is 8.18. The molecule has 24 heavy (non-hydrogen) atoms. The van der Waals surface area contributed by atoms with Gasteiger partial charge in [0.1, 0.15) is 18.1 Å². The van der Waals surface area contributed by atoms with E-state index < -0.39 is 29.4 Å². The highest BCUT2D eigenvalue weighted by Crippen LogP contribution is 2.32. The third-order valence-electron chi connectivity index (χ3n) is 3.10. The number of thioether (sulfide) groups is 1. The van der Waals surface area contributed by atoms with Gasteiger partial charge in [0, 0.05) is 11.8 Å². The molecule has 1 saturated heterocycles. The third kappa shape index (κ3) is 3.54. The van der Waals surface area contributed by atoms with E-state index in [9.17, 15) is 18.8 Å². The molecule has 1 aromatic heterocycles. The molecule has 1 N–H and O–H groups in total. The quantitative estimate of drug-likeness (QED) is 0.861. The van der Waals surface area contributed by atoms with Crippen LogP contribution in [-0.2, 0) is 9.59 Å². The second-order valence-electron chi connectivity index (χ2n) is 4.84. The molecule has 2 aromatic rings. The zero-order valence-electron chi connectivity index (χ0n) is 12.2. The van der Waals surface area contributed by atoms with Gasteiger partial charge < -0.3 is 9.73 Å². The molecule has 1 aliphatic rings. The van der Waals surface area contributed by atoms with Crippen molar-refractivity contribution < 1.29 is 23.2 Å². The van der Waals surface area contributed by atoms with Crippen LogP contribution in [0.15, 0.2) is 52.0 Å². The van der Waals surface area contributed by atoms with Gasteiger partial charge in [0.15, 0.2) is 0 Å². The SMILES string of the molecule is O=C(CN1C(=O)S/C(=C/c2ccco2)C1=O)Nc1cccc(F)c1. The van der Waals surface area contributed by atoms with Crippen LogP contribution in [0.2, 0.25) is 0 Å². The van der Waals surface area contributed by atoms with Crippen molar-refractivity contribution in [2.75, 3.05) is 11.9 Å². The molecule has 0 atom stereocenters. The molecule has 2 heterocycles.